The summed E-state index contributed by atoms with van der Waals surface area (Å²) in [4.78, 5) is 4.71. The fraction of sp³-hybridized carbons (Fsp3) is 0.462. The van der Waals surface area contributed by atoms with Crippen LogP contribution < -0.4 is 5.32 Å². The molecule has 90 valence electrons. The molecule has 0 unspecified atom stereocenters. The molecule has 3 rings (SSSR count). The van der Waals surface area contributed by atoms with Crippen LogP contribution in [0.4, 0.5) is 0 Å². The van der Waals surface area contributed by atoms with Crippen molar-refractivity contribution in [3.05, 3.63) is 29.4 Å². The van der Waals surface area contributed by atoms with Crippen molar-refractivity contribution >= 4 is 0 Å². The molecule has 0 saturated heterocycles. The molecule has 0 atom stereocenters. The Bertz CT molecular complexity index is 539. The van der Waals surface area contributed by atoms with E-state index in [0.717, 1.165) is 42.5 Å². The van der Waals surface area contributed by atoms with Crippen LogP contribution in [0.25, 0.3) is 11.5 Å². The van der Waals surface area contributed by atoms with Crippen molar-refractivity contribution in [2.45, 2.75) is 32.9 Å². The van der Waals surface area contributed by atoms with Gasteiger partial charge in [0.05, 0.1) is 6.54 Å². The maximum Gasteiger partial charge on any atom is 0.154 e. The van der Waals surface area contributed by atoms with Gasteiger partial charge in [0.15, 0.2) is 5.76 Å². The van der Waals surface area contributed by atoms with Crippen molar-refractivity contribution < 1.29 is 4.42 Å². The summed E-state index contributed by atoms with van der Waals surface area (Å²) in [5.41, 5.74) is 2.35. The number of furan rings is 1. The molecule has 1 aliphatic heterocycles. The first kappa shape index (κ1) is 10.6. The lowest BCUT2D eigenvalue weighted by Gasteiger charge is -2.01. The number of aryl methyl sites for hydroxylation is 1. The molecule has 0 aliphatic carbocycles. The second kappa shape index (κ2) is 4.04. The van der Waals surface area contributed by atoms with E-state index >= 15 is 0 Å². The summed E-state index contributed by atoms with van der Waals surface area (Å²) in [6.07, 6.45) is 2.31. The molecular weight excluding hydrogens is 214 g/mol. The highest BCUT2D eigenvalue weighted by molar-refractivity contribution is 5.57. The lowest BCUT2D eigenvalue weighted by atomic mass is 10.2. The topological polar surface area (TPSA) is 43.0 Å². The average Bonchev–Trinajstić information content (AvgIpc) is 2.96. The van der Waals surface area contributed by atoms with Gasteiger partial charge in [0, 0.05) is 12.2 Å². The molecule has 0 fully saturated rings. The van der Waals surface area contributed by atoms with Crippen molar-refractivity contribution in [2.75, 3.05) is 7.05 Å². The van der Waals surface area contributed by atoms with Crippen molar-refractivity contribution in [1.29, 1.82) is 0 Å². The molecule has 0 radical (unpaired) electrons. The minimum atomic E-state index is 0.812. The lowest BCUT2D eigenvalue weighted by Crippen LogP contribution is -2.11. The zero-order valence-corrected chi connectivity index (χ0v) is 10.3. The molecule has 0 amide bonds. The Balaban J connectivity index is 2.08. The SMILES string of the molecule is CNCc1nc(-c2ccc(C)o2)c2n1CCC2. The third-order valence-electron chi connectivity index (χ3n) is 3.26. The standard InChI is InChI=1S/C13H17N3O/c1-9-5-6-11(17-9)13-10-4-3-7-16(10)12(15-13)8-14-2/h5-6,14H,3-4,7-8H2,1-2H3. The third kappa shape index (κ3) is 1.69. The first-order chi connectivity index (χ1) is 8.29. The summed E-state index contributed by atoms with van der Waals surface area (Å²) in [6.45, 7) is 3.86. The van der Waals surface area contributed by atoms with Crippen LogP contribution in [-0.2, 0) is 19.5 Å². The van der Waals surface area contributed by atoms with Gasteiger partial charge >= 0.3 is 0 Å². The first-order valence-electron chi connectivity index (χ1n) is 6.09. The van der Waals surface area contributed by atoms with E-state index in [0.29, 0.717) is 0 Å². The predicted octanol–water partition coefficient (Wildman–Crippen LogP) is 2.12. The zero-order valence-electron chi connectivity index (χ0n) is 10.3. The Morgan fingerprint density at radius 1 is 1.47 bits per heavy atom. The predicted molar refractivity (Wildman–Crippen MR) is 65.8 cm³/mol. The molecule has 4 nitrogen and oxygen atoms in total. The molecule has 17 heavy (non-hydrogen) atoms. The molecular formula is C13H17N3O. The number of nitrogens with one attached hydrogen (secondary N) is 1. The minimum Gasteiger partial charge on any atom is -0.460 e. The molecule has 4 heteroatoms. The van der Waals surface area contributed by atoms with Crippen LogP contribution in [0.15, 0.2) is 16.5 Å². The van der Waals surface area contributed by atoms with E-state index in [4.69, 9.17) is 9.40 Å². The summed E-state index contributed by atoms with van der Waals surface area (Å²) >= 11 is 0. The summed E-state index contributed by atoms with van der Waals surface area (Å²) in [5.74, 6) is 2.95. The molecule has 0 aromatic carbocycles. The van der Waals surface area contributed by atoms with E-state index in [1.54, 1.807) is 0 Å². The fourth-order valence-electron chi connectivity index (χ4n) is 2.51. The molecule has 1 aliphatic rings. The molecule has 2 aromatic rings. The highest BCUT2D eigenvalue weighted by atomic mass is 16.3. The van der Waals surface area contributed by atoms with Gasteiger partial charge in [-0.3, -0.25) is 0 Å². The van der Waals surface area contributed by atoms with E-state index in [-0.39, 0.29) is 0 Å². The van der Waals surface area contributed by atoms with Gasteiger partial charge in [-0.05, 0) is 38.9 Å². The molecule has 0 spiro atoms. The van der Waals surface area contributed by atoms with Gasteiger partial charge in [-0.15, -0.1) is 0 Å². The van der Waals surface area contributed by atoms with E-state index < -0.39 is 0 Å². The Hall–Kier alpha value is -1.55. The van der Waals surface area contributed by atoms with Crippen LogP contribution in [0.5, 0.6) is 0 Å². The van der Waals surface area contributed by atoms with Gasteiger partial charge in [0.1, 0.15) is 17.3 Å². The Morgan fingerprint density at radius 3 is 3.06 bits per heavy atom. The maximum atomic E-state index is 5.69. The largest absolute Gasteiger partial charge is 0.460 e. The Labute approximate surface area is 101 Å². The van der Waals surface area contributed by atoms with Gasteiger partial charge in [-0.2, -0.15) is 0 Å². The molecule has 1 N–H and O–H groups in total. The van der Waals surface area contributed by atoms with E-state index in [1.165, 1.54) is 12.1 Å². The minimum absolute atomic E-state index is 0.812. The second-order valence-electron chi connectivity index (χ2n) is 4.52. The number of rotatable bonds is 3. The van der Waals surface area contributed by atoms with Gasteiger partial charge in [-0.1, -0.05) is 0 Å². The van der Waals surface area contributed by atoms with Crippen molar-refractivity contribution in [1.82, 2.24) is 14.9 Å². The van der Waals surface area contributed by atoms with Crippen LogP contribution in [0.1, 0.15) is 23.7 Å². The van der Waals surface area contributed by atoms with Crippen molar-refractivity contribution in [2.24, 2.45) is 0 Å². The Morgan fingerprint density at radius 2 is 2.35 bits per heavy atom. The van der Waals surface area contributed by atoms with Crippen LogP contribution in [-0.4, -0.2) is 16.6 Å². The number of hydrogen-bond acceptors (Lipinski definition) is 3. The van der Waals surface area contributed by atoms with Crippen LogP contribution >= 0.6 is 0 Å². The van der Waals surface area contributed by atoms with E-state index in [9.17, 15) is 0 Å². The highest BCUT2D eigenvalue weighted by Crippen LogP contribution is 2.30. The monoisotopic (exact) mass is 231 g/mol. The number of imidazole rings is 1. The smallest absolute Gasteiger partial charge is 0.154 e. The molecule has 0 saturated carbocycles. The fourth-order valence-corrected chi connectivity index (χ4v) is 2.51. The van der Waals surface area contributed by atoms with Crippen molar-refractivity contribution in [3.8, 4) is 11.5 Å². The summed E-state index contributed by atoms with van der Waals surface area (Å²) in [6, 6.07) is 4.01. The normalized spacial score (nSPS) is 14.2. The zero-order chi connectivity index (χ0) is 11.8. The third-order valence-corrected chi connectivity index (χ3v) is 3.26. The van der Waals surface area contributed by atoms with Crippen molar-refractivity contribution in [3.63, 3.8) is 0 Å². The number of fused-ring (bicyclic) bond motifs is 1. The van der Waals surface area contributed by atoms with Gasteiger partial charge in [0.2, 0.25) is 0 Å². The van der Waals surface area contributed by atoms with Crippen LogP contribution in [0, 0.1) is 6.92 Å². The number of hydrogen-bond donors (Lipinski definition) is 1. The summed E-state index contributed by atoms with van der Waals surface area (Å²) in [5, 5.41) is 3.17. The van der Waals surface area contributed by atoms with Gasteiger partial charge in [-0.25, -0.2) is 4.98 Å². The molecule has 2 aromatic heterocycles. The second-order valence-corrected chi connectivity index (χ2v) is 4.52. The Kier molecular flexibility index (Phi) is 2.52. The summed E-state index contributed by atoms with van der Waals surface area (Å²) in [7, 11) is 1.95. The average molecular weight is 231 g/mol. The lowest BCUT2D eigenvalue weighted by molar-refractivity contribution is 0.546. The van der Waals surface area contributed by atoms with Gasteiger partial charge in [0.25, 0.3) is 0 Å². The van der Waals surface area contributed by atoms with E-state index in [1.807, 2.05) is 26.1 Å². The van der Waals surface area contributed by atoms with Crippen LogP contribution in [0.3, 0.4) is 0 Å². The summed E-state index contributed by atoms with van der Waals surface area (Å²) < 4.78 is 8.01. The first-order valence-corrected chi connectivity index (χ1v) is 6.09. The number of nitrogens with zero attached hydrogens (tertiary/aromatic N) is 2. The molecule has 0 bridgehead atoms. The highest BCUT2D eigenvalue weighted by Gasteiger charge is 2.23. The number of aromatic nitrogens is 2. The maximum absolute atomic E-state index is 5.69. The molecule has 3 heterocycles. The van der Waals surface area contributed by atoms with Gasteiger partial charge < -0.3 is 14.3 Å². The van der Waals surface area contributed by atoms with E-state index in [2.05, 4.69) is 9.88 Å². The van der Waals surface area contributed by atoms with Crippen LogP contribution in [0.2, 0.25) is 0 Å². The quantitative estimate of drug-likeness (QED) is 0.879.